The summed E-state index contributed by atoms with van der Waals surface area (Å²) in [6.07, 6.45) is 3.76. The number of benzene rings is 5. The molecule has 0 bridgehead atoms. The van der Waals surface area contributed by atoms with Crippen LogP contribution in [0.25, 0.3) is 33.4 Å². The number of aromatic nitrogens is 4. The highest BCUT2D eigenvalue weighted by Crippen LogP contribution is 2.43. The largest absolute Gasteiger partial charge is 0.443 e. The molecule has 48 heavy (non-hydrogen) atoms. The lowest BCUT2D eigenvalue weighted by atomic mass is 9.77. The third-order valence-electron chi connectivity index (χ3n) is 8.63. The highest BCUT2D eigenvalue weighted by Gasteiger charge is 2.40. The first-order chi connectivity index (χ1) is 23.2. The van der Waals surface area contributed by atoms with Crippen LogP contribution in [0.4, 0.5) is 4.39 Å². The number of hydrogen-bond donors (Lipinski definition) is 0. The van der Waals surface area contributed by atoms with Crippen LogP contribution in [0.15, 0.2) is 146 Å². The van der Waals surface area contributed by atoms with Gasteiger partial charge in [0.1, 0.15) is 17.1 Å². The zero-order valence-corrected chi connectivity index (χ0v) is 27.0. The van der Waals surface area contributed by atoms with Gasteiger partial charge in [0.15, 0.2) is 6.73 Å². The Morgan fingerprint density at radius 3 is 1.81 bits per heavy atom. The van der Waals surface area contributed by atoms with Crippen molar-refractivity contribution in [1.82, 2.24) is 19.3 Å². The molecule has 0 atom stereocenters. The molecule has 0 saturated heterocycles. The van der Waals surface area contributed by atoms with Gasteiger partial charge in [0, 0.05) is 17.3 Å². The smallest absolute Gasteiger partial charge is 0.312 e. The van der Waals surface area contributed by atoms with Crippen molar-refractivity contribution in [1.29, 1.82) is 0 Å². The third kappa shape index (κ3) is 5.58. The second kappa shape index (κ2) is 12.4. The van der Waals surface area contributed by atoms with Crippen LogP contribution < -0.4 is 0 Å². The number of carbonyl (C=O) groups is 1. The Labute approximate surface area is 279 Å². The fourth-order valence-corrected chi connectivity index (χ4v) is 6.19. The van der Waals surface area contributed by atoms with Gasteiger partial charge in [0.05, 0.1) is 22.8 Å². The molecule has 238 valence electrons. The average molecular weight is 635 g/mol. The van der Waals surface area contributed by atoms with Gasteiger partial charge in [-0.3, -0.25) is 14.0 Å². The molecule has 0 aliphatic carbocycles. The van der Waals surface area contributed by atoms with E-state index in [0.29, 0.717) is 5.69 Å². The number of rotatable bonds is 8. The van der Waals surface area contributed by atoms with Crippen molar-refractivity contribution < 1.29 is 13.9 Å². The van der Waals surface area contributed by atoms with Crippen molar-refractivity contribution in [2.45, 2.75) is 33.0 Å². The maximum Gasteiger partial charge on any atom is 0.312 e. The van der Waals surface area contributed by atoms with E-state index in [-0.39, 0.29) is 18.5 Å². The molecule has 0 aliphatic rings. The van der Waals surface area contributed by atoms with Crippen LogP contribution in [-0.2, 0) is 21.8 Å². The second-order valence-corrected chi connectivity index (χ2v) is 12.9. The number of carbonyl (C=O) groups excluding carboxylic acids is 1. The summed E-state index contributed by atoms with van der Waals surface area (Å²) in [6.45, 7) is 5.55. The molecule has 6 nitrogen and oxygen atoms in total. The van der Waals surface area contributed by atoms with Gasteiger partial charge in [-0.15, -0.1) is 0 Å². The van der Waals surface area contributed by atoms with Crippen LogP contribution in [0.2, 0.25) is 0 Å². The Hall–Kier alpha value is -5.82. The summed E-state index contributed by atoms with van der Waals surface area (Å²) in [4.78, 5) is 17.1. The Bertz CT molecular complexity index is 2090. The maximum absolute atomic E-state index is 14.2. The maximum atomic E-state index is 14.2. The van der Waals surface area contributed by atoms with Crippen LogP contribution in [0, 0.1) is 11.2 Å². The standard InChI is InChI=1S/C41H35FN4O2/c1-40(2,3)39(47)48-28-45-27-43-36-25-30(21-24-37(36)45)35-26-46(44-38(35)29-19-22-34(42)23-20-29)41(31-13-7-4-8-14-31,32-15-9-5-10-16-32)33-17-11-6-12-18-33/h4-27H,28H2,1-3H3. The van der Waals surface area contributed by atoms with Crippen molar-refractivity contribution in [3.63, 3.8) is 0 Å². The van der Waals surface area contributed by atoms with Crippen LogP contribution in [-0.4, -0.2) is 25.3 Å². The number of imidazole rings is 1. The van der Waals surface area contributed by atoms with E-state index < -0.39 is 11.0 Å². The quantitative estimate of drug-likeness (QED) is 0.124. The fraction of sp³-hybridized carbons (Fsp3) is 0.146. The summed E-state index contributed by atoms with van der Waals surface area (Å²) in [6, 6.07) is 43.6. The minimum absolute atomic E-state index is 0.0679. The van der Waals surface area contributed by atoms with Crippen molar-refractivity contribution in [2.75, 3.05) is 0 Å². The lowest BCUT2D eigenvalue weighted by molar-refractivity contribution is -0.156. The Morgan fingerprint density at radius 2 is 1.27 bits per heavy atom. The molecule has 0 spiro atoms. The minimum Gasteiger partial charge on any atom is -0.443 e. The number of hydrogen-bond acceptors (Lipinski definition) is 4. The molecule has 0 saturated carbocycles. The number of fused-ring (bicyclic) bond motifs is 1. The summed E-state index contributed by atoms with van der Waals surface area (Å²) >= 11 is 0. The van der Waals surface area contributed by atoms with Crippen molar-refractivity contribution in [3.05, 3.63) is 168 Å². The molecular formula is C41H35FN4O2. The van der Waals surface area contributed by atoms with E-state index >= 15 is 0 Å². The molecular weight excluding hydrogens is 599 g/mol. The first kappa shape index (κ1) is 30.8. The van der Waals surface area contributed by atoms with Gasteiger partial charge >= 0.3 is 5.97 Å². The molecule has 0 unspecified atom stereocenters. The second-order valence-electron chi connectivity index (χ2n) is 12.9. The monoisotopic (exact) mass is 634 g/mol. The zero-order chi connectivity index (χ0) is 33.3. The fourth-order valence-electron chi connectivity index (χ4n) is 6.19. The van der Waals surface area contributed by atoms with Gasteiger partial charge in [-0.25, -0.2) is 9.37 Å². The van der Waals surface area contributed by atoms with Crippen molar-refractivity contribution >= 4 is 17.0 Å². The molecule has 0 N–H and O–H groups in total. The topological polar surface area (TPSA) is 61.9 Å². The van der Waals surface area contributed by atoms with Crippen molar-refractivity contribution in [3.8, 4) is 22.4 Å². The molecule has 0 amide bonds. The molecule has 0 fully saturated rings. The normalized spacial score (nSPS) is 11.9. The lowest BCUT2D eigenvalue weighted by Gasteiger charge is -2.36. The van der Waals surface area contributed by atoms with E-state index in [9.17, 15) is 9.18 Å². The molecule has 0 radical (unpaired) electrons. The lowest BCUT2D eigenvalue weighted by Crippen LogP contribution is -2.38. The Morgan fingerprint density at radius 1 is 0.729 bits per heavy atom. The summed E-state index contributed by atoms with van der Waals surface area (Å²) in [5.74, 6) is -0.595. The molecule has 2 heterocycles. The molecule has 5 aromatic carbocycles. The van der Waals surface area contributed by atoms with Gasteiger partial charge in [0.25, 0.3) is 0 Å². The first-order valence-electron chi connectivity index (χ1n) is 15.9. The number of nitrogens with zero attached hydrogens (tertiary/aromatic N) is 4. The summed E-state index contributed by atoms with van der Waals surface area (Å²) in [7, 11) is 0. The zero-order valence-electron chi connectivity index (χ0n) is 27.0. The molecule has 7 heteroatoms. The van der Waals surface area contributed by atoms with Gasteiger partial charge in [-0.1, -0.05) is 97.1 Å². The van der Waals surface area contributed by atoms with E-state index in [2.05, 4.69) is 47.6 Å². The Kier molecular flexibility index (Phi) is 7.97. The molecule has 7 rings (SSSR count). The van der Waals surface area contributed by atoms with Crippen LogP contribution in [0.1, 0.15) is 37.5 Å². The first-order valence-corrected chi connectivity index (χ1v) is 15.9. The molecule has 2 aromatic heterocycles. The molecule has 0 aliphatic heterocycles. The van der Waals surface area contributed by atoms with Crippen LogP contribution in [0.5, 0.6) is 0 Å². The SMILES string of the molecule is CC(C)(C)C(=O)OCn1cnc2cc(-c3cn(C(c4ccccc4)(c4ccccc4)c4ccccc4)nc3-c3ccc(F)cc3)ccc21. The van der Waals surface area contributed by atoms with Crippen molar-refractivity contribution in [2.24, 2.45) is 5.41 Å². The van der Waals surface area contributed by atoms with E-state index in [1.54, 1.807) is 18.5 Å². The van der Waals surface area contributed by atoms with Gasteiger partial charge in [0.2, 0.25) is 0 Å². The Balaban J connectivity index is 1.44. The average Bonchev–Trinajstić information content (AvgIpc) is 3.74. The summed E-state index contributed by atoms with van der Waals surface area (Å²) in [5, 5.41) is 5.36. The highest BCUT2D eigenvalue weighted by molar-refractivity contribution is 5.87. The van der Waals surface area contributed by atoms with E-state index in [0.717, 1.165) is 44.4 Å². The third-order valence-corrected chi connectivity index (χ3v) is 8.63. The number of ether oxygens (including phenoxy) is 1. The predicted molar refractivity (Wildman–Crippen MR) is 187 cm³/mol. The molecule has 7 aromatic rings. The predicted octanol–water partition coefficient (Wildman–Crippen LogP) is 9.09. The minimum atomic E-state index is -0.834. The number of esters is 1. The van der Waals surface area contributed by atoms with E-state index in [1.807, 2.05) is 103 Å². The van der Waals surface area contributed by atoms with E-state index in [1.165, 1.54) is 12.1 Å². The number of halogens is 1. The van der Waals surface area contributed by atoms with Gasteiger partial charge < -0.3 is 4.74 Å². The summed E-state index contributed by atoms with van der Waals surface area (Å²) in [5.41, 5.74) is 6.53. The van der Waals surface area contributed by atoms with Crippen LogP contribution in [0.3, 0.4) is 0 Å². The van der Waals surface area contributed by atoms with Crippen LogP contribution >= 0.6 is 0 Å². The van der Waals surface area contributed by atoms with Gasteiger partial charge in [-0.2, -0.15) is 5.10 Å². The van der Waals surface area contributed by atoms with E-state index in [4.69, 9.17) is 9.84 Å². The summed E-state index contributed by atoms with van der Waals surface area (Å²) < 4.78 is 23.6. The highest BCUT2D eigenvalue weighted by atomic mass is 19.1. The van der Waals surface area contributed by atoms with Gasteiger partial charge in [-0.05, 0) is 79.4 Å².